The Kier molecular flexibility index (Phi) is 4.47. The van der Waals surface area contributed by atoms with Gasteiger partial charge in [0, 0.05) is 23.7 Å². The van der Waals surface area contributed by atoms with Crippen molar-refractivity contribution in [2.24, 2.45) is 11.7 Å². The number of nitrogens with zero attached hydrogens (tertiary/aromatic N) is 2. The summed E-state index contributed by atoms with van der Waals surface area (Å²) in [5.41, 5.74) is 7.32. The molecule has 0 spiro atoms. The normalized spacial score (nSPS) is 12.4. The second-order valence-corrected chi connectivity index (χ2v) is 4.98. The number of carbonyl (C=O) groups excluding carboxylic acids is 1. The molecule has 0 radical (unpaired) electrons. The van der Waals surface area contributed by atoms with E-state index in [-0.39, 0.29) is 17.9 Å². The first-order valence-electron chi connectivity index (χ1n) is 6.48. The van der Waals surface area contributed by atoms with Crippen LogP contribution in [0.25, 0.3) is 11.5 Å². The van der Waals surface area contributed by atoms with Crippen LogP contribution in [-0.4, -0.2) is 22.1 Å². The van der Waals surface area contributed by atoms with Gasteiger partial charge in [-0.1, -0.05) is 19.9 Å². The molecule has 3 N–H and O–H groups in total. The van der Waals surface area contributed by atoms with E-state index in [2.05, 4.69) is 15.5 Å². The number of carbonyl (C=O) groups is 1. The molecule has 20 heavy (non-hydrogen) atoms. The zero-order chi connectivity index (χ0) is 14.5. The van der Waals surface area contributed by atoms with Crippen molar-refractivity contribution in [2.45, 2.75) is 26.3 Å². The molecule has 0 saturated carbocycles. The molecule has 1 aromatic heterocycles. The summed E-state index contributed by atoms with van der Waals surface area (Å²) in [6.07, 6.45) is 1.56. The van der Waals surface area contributed by atoms with Gasteiger partial charge in [-0.25, -0.2) is 0 Å². The average molecular weight is 274 g/mol. The highest BCUT2D eigenvalue weighted by Crippen LogP contribution is 2.20. The van der Waals surface area contributed by atoms with E-state index in [1.165, 1.54) is 6.39 Å². The third-order valence-corrected chi connectivity index (χ3v) is 3.03. The summed E-state index contributed by atoms with van der Waals surface area (Å²) in [5, 5.41) is 10.3. The minimum atomic E-state index is -0.144. The SMILES string of the molecule is CC(C)C(N)CC(=O)Nc1cccc(-c2nnco2)c1. The Bertz CT molecular complexity index is 566. The molecular weight excluding hydrogens is 256 g/mol. The predicted octanol–water partition coefficient (Wildman–Crippen LogP) is 2.05. The summed E-state index contributed by atoms with van der Waals surface area (Å²) in [6, 6.07) is 7.10. The molecule has 0 aliphatic rings. The monoisotopic (exact) mass is 274 g/mol. The molecule has 0 fully saturated rings. The van der Waals surface area contributed by atoms with Crippen LogP contribution in [0, 0.1) is 5.92 Å². The van der Waals surface area contributed by atoms with E-state index >= 15 is 0 Å². The Balaban J connectivity index is 2.03. The van der Waals surface area contributed by atoms with E-state index < -0.39 is 0 Å². The zero-order valence-electron chi connectivity index (χ0n) is 11.5. The Hall–Kier alpha value is -2.21. The summed E-state index contributed by atoms with van der Waals surface area (Å²) >= 11 is 0. The number of aromatic nitrogens is 2. The van der Waals surface area contributed by atoms with Gasteiger partial charge in [0.1, 0.15) is 0 Å². The molecule has 1 unspecified atom stereocenters. The van der Waals surface area contributed by atoms with Crippen LogP contribution in [-0.2, 0) is 4.79 Å². The number of anilines is 1. The maximum atomic E-state index is 11.9. The van der Waals surface area contributed by atoms with Crippen molar-refractivity contribution >= 4 is 11.6 Å². The Morgan fingerprint density at radius 3 is 2.90 bits per heavy atom. The average Bonchev–Trinajstić information content (AvgIpc) is 2.92. The predicted molar refractivity (Wildman–Crippen MR) is 75.8 cm³/mol. The van der Waals surface area contributed by atoms with Gasteiger partial charge in [-0.05, 0) is 24.1 Å². The van der Waals surface area contributed by atoms with E-state index in [4.69, 9.17) is 10.2 Å². The van der Waals surface area contributed by atoms with Crippen LogP contribution in [0.4, 0.5) is 5.69 Å². The van der Waals surface area contributed by atoms with Crippen molar-refractivity contribution in [3.05, 3.63) is 30.7 Å². The topological polar surface area (TPSA) is 94.0 Å². The molecular formula is C14H18N4O2. The lowest BCUT2D eigenvalue weighted by Gasteiger charge is -2.15. The van der Waals surface area contributed by atoms with Gasteiger partial charge in [-0.3, -0.25) is 4.79 Å². The summed E-state index contributed by atoms with van der Waals surface area (Å²) in [5.74, 6) is 0.583. The molecule has 0 aliphatic heterocycles. The molecule has 1 heterocycles. The molecule has 1 amide bonds. The van der Waals surface area contributed by atoms with Crippen LogP contribution >= 0.6 is 0 Å². The maximum Gasteiger partial charge on any atom is 0.247 e. The number of nitrogens with two attached hydrogens (primary N) is 1. The fourth-order valence-electron chi connectivity index (χ4n) is 1.69. The highest BCUT2D eigenvalue weighted by molar-refractivity contribution is 5.91. The molecule has 0 bridgehead atoms. The minimum Gasteiger partial charge on any atom is -0.423 e. The zero-order valence-corrected chi connectivity index (χ0v) is 11.5. The largest absolute Gasteiger partial charge is 0.423 e. The molecule has 6 heteroatoms. The molecule has 6 nitrogen and oxygen atoms in total. The second kappa shape index (κ2) is 6.29. The summed E-state index contributed by atoms with van der Waals surface area (Å²) in [4.78, 5) is 11.9. The number of hydrogen-bond acceptors (Lipinski definition) is 5. The molecule has 1 atom stereocenters. The Labute approximate surface area is 117 Å². The van der Waals surface area contributed by atoms with Crippen molar-refractivity contribution < 1.29 is 9.21 Å². The van der Waals surface area contributed by atoms with Crippen molar-refractivity contribution in [1.82, 2.24) is 10.2 Å². The highest BCUT2D eigenvalue weighted by atomic mass is 16.4. The number of hydrogen-bond donors (Lipinski definition) is 2. The van der Waals surface area contributed by atoms with Crippen LogP contribution in [0.3, 0.4) is 0 Å². The van der Waals surface area contributed by atoms with Crippen molar-refractivity contribution in [2.75, 3.05) is 5.32 Å². The first-order valence-corrected chi connectivity index (χ1v) is 6.48. The third kappa shape index (κ3) is 3.64. The highest BCUT2D eigenvalue weighted by Gasteiger charge is 2.13. The summed E-state index contributed by atoms with van der Waals surface area (Å²) in [6.45, 7) is 3.99. The van der Waals surface area contributed by atoms with E-state index in [0.29, 0.717) is 18.0 Å². The fourth-order valence-corrected chi connectivity index (χ4v) is 1.69. The fraction of sp³-hybridized carbons (Fsp3) is 0.357. The molecule has 2 rings (SSSR count). The van der Waals surface area contributed by atoms with Crippen LogP contribution in [0.5, 0.6) is 0 Å². The molecule has 106 valence electrons. The molecule has 1 aromatic carbocycles. The lowest BCUT2D eigenvalue weighted by molar-refractivity contribution is -0.116. The lowest BCUT2D eigenvalue weighted by Crippen LogP contribution is -2.31. The number of benzene rings is 1. The number of rotatable bonds is 5. The van der Waals surface area contributed by atoms with Crippen molar-refractivity contribution in [1.29, 1.82) is 0 Å². The third-order valence-electron chi connectivity index (χ3n) is 3.03. The second-order valence-electron chi connectivity index (χ2n) is 4.98. The van der Waals surface area contributed by atoms with Gasteiger partial charge < -0.3 is 15.5 Å². The van der Waals surface area contributed by atoms with Crippen molar-refractivity contribution in [3.8, 4) is 11.5 Å². The van der Waals surface area contributed by atoms with Crippen LogP contribution in [0.2, 0.25) is 0 Å². The lowest BCUT2D eigenvalue weighted by atomic mass is 10.0. The maximum absolute atomic E-state index is 11.9. The number of nitrogens with one attached hydrogen (secondary N) is 1. The number of amides is 1. The van der Waals surface area contributed by atoms with Gasteiger partial charge >= 0.3 is 0 Å². The van der Waals surface area contributed by atoms with Crippen LogP contribution in [0.15, 0.2) is 35.1 Å². The van der Waals surface area contributed by atoms with Gasteiger partial charge in [0.2, 0.25) is 18.2 Å². The molecule has 0 aliphatic carbocycles. The van der Waals surface area contributed by atoms with E-state index in [1.54, 1.807) is 12.1 Å². The molecule has 0 saturated heterocycles. The van der Waals surface area contributed by atoms with Gasteiger partial charge in [-0.2, -0.15) is 0 Å². The summed E-state index contributed by atoms with van der Waals surface area (Å²) in [7, 11) is 0. The van der Waals surface area contributed by atoms with Gasteiger partial charge in [0.15, 0.2) is 0 Å². The Morgan fingerprint density at radius 1 is 1.45 bits per heavy atom. The van der Waals surface area contributed by atoms with Crippen molar-refractivity contribution in [3.63, 3.8) is 0 Å². The quantitative estimate of drug-likeness (QED) is 0.870. The minimum absolute atomic E-state index is 0.103. The summed E-state index contributed by atoms with van der Waals surface area (Å²) < 4.78 is 5.12. The first kappa shape index (κ1) is 14.2. The van der Waals surface area contributed by atoms with Gasteiger partial charge in [0.25, 0.3) is 0 Å². The van der Waals surface area contributed by atoms with Gasteiger partial charge in [0.05, 0.1) is 0 Å². The smallest absolute Gasteiger partial charge is 0.247 e. The van der Waals surface area contributed by atoms with Crippen LogP contribution < -0.4 is 11.1 Å². The van der Waals surface area contributed by atoms with E-state index in [9.17, 15) is 4.79 Å². The first-order chi connectivity index (χ1) is 9.56. The van der Waals surface area contributed by atoms with Gasteiger partial charge in [-0.15, -0.1) is 10.2 Å². The van der Waals surface area contributed by atoms with Crippen LogP contribution in [0.1, 0.15) is 20.3 Å². The molecule has 2 aromatic rings. The van der Waals surface area contributed by atoms with E-state index in [0.717, 1.165) is 5.56 Å². The Morgan fingerprint density at radius 2 is 2.25 bits per heavy atom. The van der Waals surface area contributed by atoms with E-state index in [1.807, 2.05) is 26.0 Å². The standard InChI is InChI=1S/C14H18N4O2/c1-9(2)12(15)7-13(19)17-11-5-3-4-10(6-11)14-18-16-8-20-14/h3-6,8-9,12H,7,15H2,1-2H3,(H,17,19).